The van der Waals surface area contributed by atoms with Gasteiger partial charge in [0.05, 0.1) is 0 Å². The Morgan fingerprint density at radius 2 is 1.27 bits per heavy atom. The van der Waals surface area contributed by atoms with E-state index in [0.29, 0.717) is 0 Å². The highest BCUT2D eigenvalue weighted by atomic mass is 14.5. The van der Waals surface area contributed by atoms with Crippen molar-refractivity contribution >= 4 is 0 Å². The Hall–Kier alpha value is 0. The van der Waals surface area contributed by atoms with E-state index in [0.717, 1.165) is 35.0 Å². The fourth-order valence-corrected chi connectivity index (χ4v) is 8.44. The molecule has 0 nitrogen and oxygen atoms in total. The molecule has 4 aliphatic carbocycles. The van der Waals surface area contributed by atoms with Crippen LogP contribution < -0.4 is 0 Å². The van der Waals surface area contributed by atoms with E-state index >= 15 is 0 Å². The van der Waals surface area contributed by atoms with E-state index in [9.17, 15) is 0 Å². The fourth-order valence-electron chi connectivity index (χ4n) is 8.44. The molecule has 0 heterocycles. The van der Waals surface area contributed by atoms with Crippen LogP contribution in [0.1, 0.15) is 129 Å². The van der Waals surface area contributed by atoms with Crippen LogP contribution in [-0.2, 0) is 0 Å². The molecular weight excluding hydrogens is 312 g/mol. The zero-order valence-electron chi connectivity index (χ0n) is 17.8. The van der Waals surface area contributed by atoms with E-state index in [2.05, 4.69) is 6.92 Å². The summed E-state index contributed by atoms with van der Waals surface area (Å²) in [5, 5.41) is 0. The molecule has 0 heteroatoms. The second-order valence-corrected chi connectivity index (χ2v) is 10.9. The first-order valence-corrected chi connectivity index (χ1v) is 12.8. The minimum Gasteiger partial charge on any atom is -0.0651 e. The molecule has 4 saturated carbocycles. The van der Waals surface area contributed by atoms with Gasteiger partial charge in [-0.15, -0.1) is 0 Å². The minimum atomic E-state index is 0.747. The van der Waals surface area contributed by atoms with Crippen LogP contribution in [0.3, 0.4) is 0 Å². The van der Waals surface area contributed by atoms with Gasteiger partial charge < -0.3 is 0 Å². The van der Waals surface area contributed by atoms with Gasteiger partial charge in [-0.1, -0.05) is 90.4 Å². The van der Waals surface area contributed by atoms with Crippen LogP contribution in [0, 0.1) is 35.0 Å². The van der Waals surface area contributed by atoms with Crippen LogP contribution in [0.25, 0.3) is 0 Å². The van der Waals surface area contributed by atoms with Crippen LogP contribution in [0.2, 0.25) is 0 Å². The molecule has 26 heavy (non-hydrogen) atoms. The molecule has 0 aliphatic heterocycles. The molecule has 0 amide bonds. The van der Waals surface area contributed by atoms with Gasteiger partial charge in [0.2, 0.25) is 0 Å². The molecule has 0 saturated heterocycles. The SMILES string of the molecule is CCC1CCCCCC2C3CCCCC[C@@](CCCC3)(C1)C1CCCC21. The van der Waals surface area contributed by atoms with Crippen molar-refractivity contribution in [3.63, 3.8) is 0 Å². The highest BCUT2D eigenvalue weighted by molar-refractivity contribution is 4.99. The van der Waals surface area contributed by atoms with Crippen LogP contribution in [0.5, 0.6) is 0 Å². The van der Waals surface area contributed by atoms with Crippen LogP contribution >= 0.6 is 0 Å². The molecule has 0 aromatic carbocycles. The predicted octanol–water partition coefficient (Wildman–Crippen LogP) is 8.54. The van der Waals surface area contributed by atoms with Gasteiger partial charge in [-0.05, 0) is 73.5 Å². The molecule has 4 fully saturated rings. The molecule has 0 spiro atoms. The van der Waals surface area contributed by atoms with Crippen molar-refractivity contribution < 1.29 is 0 Å². The van der Waals surface area contributed by atoms with E-state index in [4.69, 9.17) is 0 Å². The molecule has 4 aliphatic rings. The molecule has 4 rings (SSSR count). The molecule has 0 N–H and O–H groups in total. The lowest BCUT2D eigenvalue weighted by Crippen LogP contribution is -2.39. The molecule has 3 bridgehead atoms. The molecule has 0 aromatic heterocycles. The first-order chi connectivity index (χ1) is 12.8. The van der Waals surface area contributed by atoms with Crippen molar-refractivity contribution in [1.82, 2.24) is 0 Å². The Kier molecular flexibility index (Phi) is 6.69. The zero-order valence-corrected chi connectivity index (χ0v) is 17.8. The van der Waals surface area contributed by atoms with Crippen molar-refractivity contribution in [2.24, 2.45) is 35.0 Å². The lowest BCUT2D eigenvalue weighted by Gasteiger charge is -2.47. The van der Waals surface area contributed by atoms with Crippen molar-refractivity contribution in [3.8, 4) is 0 Å². The van der Waals surface area contributed by atoms with E-state index in [-0.39, 0.29) is 0 Å². The minimum absolute atomic E-state index is 0.747. The summed E-state index contributed by atoms with van der Waals surface area (Å²) in [4.78, 5) is 0. The van der Waals surface area contributed by atoms with Crippen molar-refractivity contribution in [2.75, 3.05) is 0 Å². The lowest BCUT2D eigenvalue weighted by atomic mass is 9.58. The van der Waals surface area contributed by atoms with Gasteiger partial charge in [0.15, 0.2) is 0 Å². The van der Waals surface area contributed by atoms with Crippen LogP contribution in [0.15, 0.2) is 0 Å². The molecule has 6 atom stereocenters. The molecular formula is C26H46. The Morgan fingerprint density at radius 3 is 2.12 bits per heavy atom. The third kappa shape index (κ3) is 4.05. The standard InChI is InChI=1S/C26H46/c1-2-21-12-5-3-7-15-23-22-13-6-4-9-18-26(20-21,19-10-8-14-22)25-17-11-16-24(23)25/h21-25H,2-20H2,1H3/t21?,22?,23?,24?,25?,26-/m1/s1. The van der Waals surface area contributed by atoms with Gasteiger partial charge >= 0.3 is 0 Å². The van der Waals surface area contributed by atoms with Gasteiger partial charge in [0.1, 0.15) is 0 Å². The first-order valence-electron chi connectivity index (χ1n) is 12.8. The number of rotatable bonds is 1. The highest BCUT2D eigenvalue weighted by Crippen LogP contribution is 2.59. The Balaban J connectivity index is 1.74. The Labute approximate surface area is 164 Å². The topological polar surface area (TPSA) is 0 Å². The monoisotopic (exact) mass is 358 g/mol. The fraction of sp³-hybridized carbons (Fsp3) is 1.00. The predicted molar refractivity (Wildman–Crippen MR) is 113 cm³/mol. The zero-order chi connectivity index (χ0) is 17.8. The van der Waals surface area contributed by atoms with Gasteiger partial charge in [-0.25, -0.2) is 0 Å². The maximum absolute atomic E-state index is 2.50. The largest absolute Gasteiger partial charge is 0.0651 e. The van der Waals surface area contributed by atoms with Crippen LogP contribution in [-0.4, -0.2) is 0 Å². The summed E-state index contributed by atoms with van der Waals surface area (Å²) < 4.78 is 0. The second-order valence-electron chi connectivity index (χ2n) is 10.9. The summed E-state index contributed by atoms with van der Waals surface area (Å²) in [7, 11) is 0. The van der Waals surface area contributed by atoms with E-state index in [1.165, 1.54) is 19.3 Å². The van der Waals surface area contributed by atoms with E-state index < -0.39 is 0 Å². The van der Waals surface area contributed by atoms with Gasteiger partial charge in [-0.3, -0.25) is 0 Å². The Morgan fingerprint density at radius 1 is 0.615 bits per heavy atom. The van der Waals surface area contributed by atoms with Crippen molar-refractivity contribution in [2.45, 2.75) is 129 Å². The summed E-state index contributed by atoms with van der Waals surface area (Å²) in [6.45, 7) is 2.50. The third-order valence-electron chi connectivity index (χ3n) is 9.68. The lowest BCUT2D eigenvalue weighted by molar-refractivity contribution is 0.0233. The summed E-state index contributed by atoms with van der Waals surface area (Å²) in [6.07, 6.45) is 29.7. The average Bonchev–Trinajstić information content (AvgIpc) is 3.13. The van der Waals surface area contributed by atoms with E-state index in [1.807, 2.05) is 0 Å². The third-order valence-corrected chi connectivity index (χ3v) is 9.68. The maximum Gasteiger partial charge on any atom is -0.0264 e. The number of hydrogen-bond donors (Lipinski definition) is 0. The molecule has 150 valence electrons. The summed E-state index contributed by atoms with van der Waals surface area (Å²) in [5.41, 5.74) is 0.747. The molecule has 0 aromatic rings. The number of hydrogen-bond acceptors (Lipinski definition) is 0. The van der Waals surface area contributed by atoms with E-state index in [1.54, 1.807) is 103 Å². The Bertz CT molecular complexity index is 422. The second kappa shape index (κ2) is 9.00. The maximum atomic E-state index is 2.50. The average molecular weight is 359 g/mol. The summed E-state index contributed by atoms with van der Waals surface area (Å²) in [6, 6.07) is 0. The molecule has 5 unspecified atom stereocenters. The van der Waals surface area contributed by atoms with Gasteiger partial charge in [0, 0.05) is 0 Å². The smallest absolute Gasteiger partial charge is 0.0264 e. The molecule has 0 radical (unpaired) electrons. The van der Waals surface area contributed by atoms with Gasteiger partial charge in [-0.2, -0.15) is 0 Å². The highest BCUT2D eigenvalue weighted by Gasteiger charge is 2.49. The summed E-state index contributed by atoms with van der Waals surface area (Å²) in [5.74, 6) is 5.46. The van der Waals surface area contributed by atoms with Crippen molar-refractivity contribution in [1.29, 1.82) is 0 Å². The first kappa shape index (κ1) is 19.3. The summed E-state index contributed by atoms with van der Waals surface area (Å²) >= 11 is 0. The quantitative estimate of drug-likeness (QED) is 0.440. The normalized spacial score (nSPS) is 45.3. The van der Waals surface area contributed by atoms with Crippen molar-refractivity contribution in [3.05, 3.63) is 0 Å². The van der Waals surface area contributed by atoms with Gasteiger partial charge in [0.25, 0.3) is 0 Å². The van der Waals surface area contributed by atoms with Crippen LogP contribution in [0.4, 0.5) is 0 Å².